The third kappa shape index (κ3) is 4.35. The molecule has 4 atom stereocenters. The summed E-state index contributed by atoms with van der Waals surface area (Å²) in [6.07, 6.45) is 6.04. The summed E-state index contributed by atoms with van der Waals surface area (Å²) in [5.74, 6) is -0.462. The van der Waals surface area contributed by atoms with Crippen LogP contribution < -0.4 is 15.9 Å². The predicted molar refractivity (Wildman–Crippen MR) is 133 cm³/mol. The normalized spacial score (nSPS) is 27.2. The number of rotatable bonds is 5. The second kappa shape index (κ2) is 8.83. The number of halogens is 2. The lowest BCUT2D eigenvalue weighted by Gasteiger charge is -2.52. The second-order valence-corrected chi connectivity index (χ2v) is 10.7. The molecule has 0 radical (unpaired) electrons. The lowest BCUT2D eigenvalue weighted by molar-refractivity contribution is 0.0582. The lowest BCUT2D eigenvalue weighted by atomic mass is 9.74. The van der Waals surface area contributed by atoms with Crippen LogP contribution in [0.1, 0.15) is 45.4 Å². The van der Waals surface area contributed by atoms with Gasteiger partial charge >= 0.3 is 5.69 Å². The van der Waals surface area contributed by atoms with Gasteiger partial charge in [-0.15, -0.1) is 10.2 Å². The van der Waals surface area contributed by atoms with Gasteiger partial charge in [-0.1, -0.05) is 6.07 Å². The van der Waals surface area contributed by atoms with E-state index in [1.165, 1.54) is 19.3 Å². The second-order valence-electron chi connectivity index (χ2n) is 10.7. The maximum atomic E-state index is 15.6. The first-order valence-electron chi connectivity index (χ1n) is 12.7. The van der Waals surface area contributed by atoms with E-state index < -0.39 is 17.8 Å². The van der Waals surface area contributed by atoms with Crippen molar-refractivity contribution >= 4 is 5.95 Å². The van der Waals surface area contributed by atoms with E-state index in [4.69, 9.17) is 0 Å². The molecular formula is C26H29F2N7O2. The standard InChI is InChI=1S/C26H29F2N7O2/c1-26-9-3-4-17(31-26)23(28)20(12-26)35(15-6-7-15)24-29-13-19(32-33-24)16-8-5-14(10-21(16)36)18-11-22(27)34(2)25(37)30-18/h5,8,10-11,13,15,17,20,23,31,36H,3-4,6-7,9,12H2,1-2H3/t17-,20-,23+,26-/m0/s1. The average molecular weight is 510 g/mol. The maximum absolute atomic E-state index is 15.6. The molecule has 194 valence electrons. The molecule has 2 saturated heterocycles. The Morgan fingerprint density at radius 2 is 2.00 bits per heavy atom. The zero-order chi connectivity index (χ0) is 25.9. The number of piperidine rings is 2. The van der Waals surface area contributed by atoms with Crippen LogP contribution in [0.4, 0.5) is 14.7 Å². The van der Waals surface area contributed by atoms with Gasteiger partial charge in [-0.3, -0.25) is 4.57 Å². The molecule has 9 nitrogen and oxygen atoms in total. The van der Waals surface area contributed by atoms with Crippen molar-refractivity contribution in [1.29, 1.82) is 0 Å². The van der Waals surface area contributed by atoms with Gasteiger partial charge in [-0.2, -0.15) is 9.37 Å². The van der Waals surface area contributed by atoms with Crippen molar-refractivity contribution in [3.8, 4) is 28.3 Å². The van der Waals surface area contributed by atoms with E-state index in [-0.39, 0.29) is 35.1 Å². The van der Waals surface area contributed by atoms with E-state index in [9.17, 15) is 14.3 Å². The molecule has 2 bridgehead atoms. The molecule has 0 spiro atoms. The Morgan fingerprint density at radius 1 is 1.19 bits per heavy atom. The Balaban J connectivity index is 1.27. The van der Waals surface area contributed by atoms with Crippen molar-refractivity contribution < 1.29 is 13.9 Å². The van der Waals surface area contributed by atoms with Gasteiger partial charge in [0, 0.05) is 41.9 Å². The summed E-state index contributed by atoms with van der Waals surface area (Å²) < 4.78 is 30.4. The number of fused-ring (bicyclic) bond motifs is 2. The lowest BCUT2D eigenvalue weighted by Crippen LogP contribution is -2.67. The first-order chi connectivity index (χ1) is 17.7. The Hall–Kier alpha value is -3.47. The monoisotopic (exact) mass is 509 g/mol. The summed E-state index contributed by atoms with van der Waals surface area (Å²) in [5, 5.41) is 22.8. The van der Waals surface area contributed by atoms with Gasteiger partial charge in [-0.25, -0.2) is 14.2 Å². The number of phenols is 1. The number of nitrogens with one attached hydrogen (secondary N) is 1. The molecule has 3 aliphatic rings. The van der Waals surface area contributed by atoms with Crippen molar-refractivity contribution in [2.45, 2.75) is 75.3 Å². The number of nitrogens with zero attached hydrogens (tertiary/aromatic N) is 6. The smallest absolute Gasteiger partial charge is 0.350 e. The quantitative estimate of drug-likeness (QED) is 0.505. The van der Waals surface area contributed by atoms with Crippen molar-refractivity contribution in [2.24, 2.45) is 7.05 Å². The Labute approximate surface area is 212 Å². The third-order valence-electron chi connectivity index (χ3n) is 7.92. The summed E-state index contributed by atoms with van der Waals surface area (Å²) >= 11 is 0. The van der Waals surface area contributed by atoms with E-state index in [1.54, 1.807) is 12.1 Å². The summed E-state index contributed by atoms with van der Waals surface area (Å²) in [4.78, 5) is 22.3. The zero-order valence-corrected chi connectivity index (χ0v) is 20.7. The predicted octanol–water partition coefficient (Wildman–Crippen LogP) is 3.12. The van der Waals surface area contributed by atoms with Crippen molar-refractivity contribution in [1.82, 2.24) is 30.0 Å². The summed E-state index contributed by atoms with van der Waals surface area (Å²) in [7, 11) is 1.29. The first-order valence-corrected chi connectivity index (χ1v) is 12.7. The van der Waals surface area contributed by atoms with Gasteiger partial charge in [0.2, 0.25) is 5.95 Å². The van der Waals surface area contributed by atoms with Crippen molar-refractivity contribution in [3.63, 3.8) is 0 Å². The van der Waals surface area contributed by atoms with Crippen LogP contribution in [0.3, 0.4) is 0 Å². The molecule has 0 unspecified atom stereocenters. The molecule has 2 aliphatic heterocycles. The fourth-order valence-electron chi connectivity index (χ4n) is 5.81. The molecule has 4 heterocycles. The van der Waals surface area contributed by atoms with Crippen LogP contribution in [-0.2, 0) is 7.05 Å². The van der Waals surface area contributed by atoms with Crippen LogP contribution in [-0.4, -0.2) is 59.7 Å². The fourth-order valence-corrected chi connectivity index (χ4v) is 5.81. The molecule has 6 rings (SSSR count). The number of benzene rings is 1. The molecule has 37 heavy (non-hydrogen) atoms. The number of phenolic OH excluding ortho intramolecular Hbond substituents is 1. The summed E-state index contributed by atoms with van der Waals surface area (Å²) in [6.45, 7) is 2.18. The van der Waals surface area contributed by atoms with Gasteiger partial charge in [0.15, 0.2) is 5.95 Å². The van der Waals surface area contributed by atoms with Gasteiger partial charge in [0.25, 0.3) is 0 Å². The Morgan fingerprint density at radius 3 is 2.68 bits per heavy atom. The van der Waals surface area contributed by atoms with E-state index in [1.807, 2.05) is 4.90 Å². The number of aromatic hydroxyl groups is 1. The van der Waals surface area contributed by atoms with Crippen LogP contribution in [0.25, 0.3) is 22.5 Å². The van der Waals surface area contributed by atoms with Crippen LogP contribution in [0, 0.1) is 5.95 Å². The van der Waals surface area contributed by atoms with E-state index in [2.05, 4.69) is 32.4 Å². The van der Waals surface area contributed by atoms with Gasteiger partial charge in [0.05, 0.1) is 17.9 Å². The molecule has 2 N–H and O–H groups in total. The Bertz CT molecular complexity index is 1390. The highest BCUT2D eigenvalue weighted by molar-refractivity contribution is 5.72. The first kappa shape index (κ1) is 23.9. The number of anilines is 1. The number of alkyl halides is 1. The number of aromatic nitrogens is 5. The molecule has 3 fully saturated rings. The van der Waals surface area contributed by atoms with E-state index in [0.29, 0.717) is 29.2 Å². The van der Waals surface area contributed by atoms with Crippen LogP contribution in [0.2, 0.25) is 0 Å². The molecule has 2 aromatic heterocycles. The highest BCUT2D eigenvalue weighted by atomic mass is 19.1. The minimum atomic E-state index is -1.01. The highest BCUT2D eigenvalue weighted by Crippen LogP contribution is 2.42. The Kier molecular flexibility index (Phi) is 5.70. The largest absolute Gasteiger partial charge is 0.507 e. The molecule has 1 aromatic carbocycles. The molecule has 11 heteroatoms. The number of hydrogen-bond donors (Lipinski definition) is 2. The average Bonchev–Trinajstić information content (AvgIpc) is 3.71. The SMILES string of the molecule is Cn1c(F)cc(-c2ccc(-c3cnc(N(C4CC4)[C@H]4C[C@]5(C)CCC[C@H](N5)[C@H]4F)nn3)c(O)c2)nc1=O. The van der Waals surface area contributed by atoms with Crippen LogP contribution >= 0.6 is 0 Å². The van der Waals surface area contributed by atoms with Crippen LogP contribution in [0.5, 0.6) is 5.75 Å². The van der Waals surface area contributed by atoms with Gasteiger partial charge in [0.1, 0.15) is 17.6 Å². The fraction of sp³-hybridized carbons (Fsp3) is 0.500. The molecule has 0 amide bonds. The molecule has 1 saturated carbocycles. The topological polar surface area (TPSA) is 109 Å². The van der Waals surface area contributed by atoms with Crippen molar-refractivity contribution in [3.05, 3.63) is 46.9 Å². The molecule has 3 aromatic rings. The van der Waals surface area contributed by atoms with Gasteiger partial charge < -0.3 is 15.3 Å². The number of hydrogen-bond acceptors (Lipinski definition) is 8. The van der Waals surface area contributed by atoms with Crippen molar-refractivity contribution in [2.75, 3.05) is 4.90 Å². The van der Waals surface area contributed by atoms with E-state index in [0.717, 1.165) is 42.7 Å². The minimum Gasteiger partial charge on any atom is -0.507 e. The third-order valence-corrected chi connectivity index (χ3v) is 7.92. The van der Waals surface area contributed by atoms with Gasteiger partial charge in [-0.05, 0) is 57.6 Å². The van der Waals surface area contributed by atoms with Crippen LogP contribution in [0.15, 0.2) is 35.3 Å². The summed E-state index contributed by atoms with van der Waals surface area (Å²) in [6, 6.07) is 5.47. The maximum Gasteiger partial charge on any atom is 0.350 e. The summed E-state index contributed by atoms with van der Waals surface area (Å²) in [5.41, 5.74) is 0.400. The molecule has 1 aliphatic carbocycles. The zero-order valence-electron chi connectivity index (χ0n) is 20.7. The highest BCUT2D eigenvalue weighted by Gasteiger charge is 2.50. The minimum absolute atomic E-state index is 0.0923. The van der Waals surface area contributed by atoms with E-state index >= 15 is 4.39 Å². The molecular weight excluding hydrogens is 480 g/mol.